The summed E-state index contributed by atoms with van der Waals surface area (Å²) in [6.07, 6.45) is 0. The number of rotatable bonds is 8. The van der Waals surface area contributed by atoms with Gasteiger partial charge in [0.05, 0.1) is 12.2 Å². The van der Waals surface area contributed by atoms with E-state index in [9.17, 15) is 4.79 Å². The average molecular weight is 568 g/mol. The van der Waals surface area contributed by atoms with Gasteiger partial charge in [-0.25, -0.2) is 9.98 Å². The molecule has 0 spiro atoms. The number of aliphatic imine (C=N–C) groups is 1. The van der Waals surface area contributed by atoms with E-state index in [2.05, 4.69) is 27.5 Å². The van der Waals surface area contributed by atoms with E-state index in [1.165, 1.54) is 9.78 Å². The van der Waals surface area contributed by atoms with E-state index < -0.39 is 0 Å². The number of hydrogen-bond acceptors (Lipinski definition) is 5. The van der Waals surface area contributed by atoms with Gasteiger partial charge in [-0.15, -0.1) is 47.1 Å². The van der Waals surface area contributed by atoms with Crippen LogP contribution < -0.4 is 10.6 Å². The summed E-state index contributed by atoms with van der Waals surface area (Å²) in [6.45, 7) is 5.46. The summed E-state index contributed by atoms with van der Waals surface area (Å²) in [6, 6.07) is 7.78. The molecule has 1 aromatic heterocycles. The van der Waals surface area contributed by atoms with Gasteiger partial charge < -0.3 is 15.5 Å². The van der Waals surface area contributed by atoms with Crippen LogP contribution in [0.15, 0.2) is 34.2 Å². The number of halogens is 2. The molecule has 0 bridgehead atoms. The van der Waals surface area contributed by atoms with E-state index in [0.29, 0.717) is 19.0 Å². The first kappa shape index (κ1) is 26.0. The van der Waals surface area contributed by atoms with E-state index in [1.807, 2.05) is 31.2 Å². The van der Waals surface area contributed by atoms with Crippen LogP contribution in [0.25, 0.3) is 0 Å². The van der Waals surface area contributed by atoms with Crippen LogP contribution in [0.5, 0.6) is 0 Å². The molecule has 0 fully saturated rings. The van der Waals surface area contributed by atoms with Crippen LogP contribution >= 0.6 is 58.7 Å². The molecule has 0 atom stereocenters. The highest BCUT2D eigenvalue weighted by molar-refractivity contribution is 14.0. The number of aryl methyl sites for hydroxylation is 2. The maximum Gasteiger partial charge on any atom is 0.243 e. The quantitative estimate of drug-likeness (QED) is 0.166. The molecule has 0 aliphatic rings. The Kier molecular flexibility index (Phi) is 11.9. The Balaban J connectivity index is 0.00000420. The Labute approximate surface area is 202 Å². The topological polar surface area (TPSA) is 69.6 Å². The molecule has 0 unspecified atom stereocenters. The Morgan fingerprint density at radius 1 is 1.24 bits per heavy atom. The minimum absolute atomic E-state index is 0. The van der Waals surface area contributed by atoms with Gasteiger partial charge >= 0.3 is 0 Å². The fourth-order valence-corrected chi connectivity index (χ4v) is 3.87. The van der Waals surface area contributed by atoms with Crippen molar-refractivity contribution in [3.8, 4) is 0 Å². The number of aromatic nitrogens is 1. The summed E-state index contributed by atoms with van der Waals surface area (Å²) in [5.74, 6) is 1.43. The predicted octanol–water partition coefficient (Wildman–Crippen LogP) is 3.95. The number of carbonyl (C=O) groups is 1. The molecule has 0 radical (unpaired) electrons. The van der Waals surface area contributed by atoms with Crippen molar-refractivity contribution in [3.05, 3.63) is 44.9 Å². The second-order valence-electron chi connectivity index (χ2n) is 6.28. The van der Waals surface area contributed by atoms with Crippen LogP contribution in [0.2, 0.25) is 5.02 Å². The number of amides is 1. The molecule has 0 aliphatic carbocycles. The first-order chi connectivity index (χ1) is 13.3. The van der Waals surface area contributed by atoms with Crippen molar-refractivity contribution >= 4 is 70.5 Å². The standard InChI is InChI=1S/C19H26ClN5OS2.HI/c1-13-14(2)28-17(24-13)11-22-19(23-12-18(26)25(3)4)21-9-10-27-16-7-5-15(20)6-8-16;/h5-8H,9-12H2,1-4H3,(H2,21,22,23);1H. The second-order valence-corrected chi connectivity index (χ2v) is 9.18. The molecule has 0 aliphatic heterocycles. The van der Waals surface area contributed by atoms with Crippen molar-refractivity contribution in [1.82, 2.24) is 20.5 Å². The third-order valence-corrected chi connectivity index (χ3v) is 6.17. The van der Waals surface area contributed by atoms with Crippen LogP contribution in [0.4, 0.5) is 0 Å². The number of carbonyl (C=O) groups excluding carboxylic acids is 1. The molecule has 6 nitrogen and oxygen atoms in total. The van der Waals surface area contributed by atoms with Gasteiger partial charge in [0.2, 0.25) is 5.91 Å². The highest BCUT2D eigenvalue weighted by Gasteiger charge is 2.07. The molecule has 160 valence electrons. The van der Waals surface area contributed by atoms with Crippen LogP contribution in [0.1, 0.15) is 15.6 Å². The summed E-state index contributed by atoms with van der Waals surface area (Å²) >= 11 is 9.31. The van der Waals surface area contributed by atoms with E-state index in [-0.39, 0.29) is 36.4 Å². The Bertz CT molecular complexity index is 792. The third kappa shape index (κ3) is 9.54. The van der Waals surface area contributed by atoms with E-state index in [4.69, 9.17) is 11.6 Å². The molecule has 10 heteroatoms. The Morgan fingerprint density at radius 2 is 1.93 bits per heavy atom. The van der Waals surface area contributed by atoms with Crippen molar-refractivity contribution in [3.63, 3.8) is 0 Å². The van der Waals surface area contributed by atoms with Crippen molar-refractivity contribution in [1.29, 1.82) is 0 Å². The van der Waals surface area contributed by atoms with Gasteiger partial charge in [0.1, 0.15) is 11.6 Å². The van der Waals surface area contributed by atoms with E-state index in [1.54, 1.807) is 37.2 Å². The zero-order chi connectivity index (χ0) is 20.5. The van der Waals surface area contributed by atoms with Gasteiger partial charge in [0, 0.05) is 41.2 Å². The fraction of sp³-hybridized carbons (Fsp3) is 0.421. The highest BCUT2D eigenvalue weighted by atomic mass is 127. The normalized spacial score (nSPS) is 11.0. The summed E-state index contributed by atoms with van der Waals surface area (Å²) in [7, 11) is 3.45. The number of hydrogen-bond donors (Lipinski definition) is 2. The fourth-order valence-electron chi connectivity index (χ4n) is 2.11. The molecule has 1 aromatic carbocycles. The number of nitrogens with zero attached hydrogens (tertiary/aromatic N) is 3. The summed E-state index contributed by atoms with van der Waals surface area (Å²) in [5.41, 5.74) is 1.05. The second kappa shape index (κ2) is 13.3. The van der Waals surface area contributed by atoms with Gasteiger partial charge in [-0.3, -0.25) is 4.79 Å². The Hall–Kier alpha value is -1.04. The maximum absolute atomic E-state index is 11.9. The lowest BCUT2D eigenvalue weighted by molar-refractivity contribution is -0.127. The lowest BCUT2D eigenvalue weighted by Crippen LogP contribution is -2.39. The van der Waals surface area contributed by atoms with Crippen molar-refractivity contribution in [2.45, 2.75) is 25.3 Å². The maximum atomic E-state index is 11.9. The minimum atomic E-state index is -0.0439. The van der Waals surface area contributed by atoms with Crippen LogP contribution in [-0.4, -0.2) is 54.7 Å². The van der Waals surface area contributed by atoms with Gasteiger partial charge in [-0.1, -0.05) is 11.6 Å². The van der Waals surface area contributed by atoms with Crippen molar-refractivity contribution in [2.24, 2.45) is 4.99 Å². The molecule has 2 N–H and O–H groups in total. The number of thiazole rings is 1. The van der Waals surface area contributed by atoms with Crippen molar-refractivity contribution < 1.29 is 4.79 Å². The van der Waals surface area contributed by atoms with Gasteiger partial charge in [0.15, 0.2) is 5.96 Å². The summed E-state index contributed by atoms with van der Waals surface area (Å²) in [4.78, 5) is 24.7. The molecular weight excluding hydrogens is 541 g/mol. The SMILES string of the molecule is Cc1nc(CNC(=NCC(=O)N(C)C)NCCSc2ccc(Cl)cc2)sc1C.I. The molecule has 0 saturated carbocycles. The largest absolute Gasteiger partial charge is 0.356 e. The number of guanidine groups is 1. The molecule has 1 amide bonds. The predicted molar refractivity (Wildman–Crippen MR) is 135 cm³/mol. The van der Waals surface area contributed by atoms with Crippen LogP contribution in [-0.2, 0) is 11.3 Å². The van der Waals surface area contributed by atoms with E-state index >= 15 is 0 Å². The molecule has 2 rings (SSSR count). The third-order valence-electron chi connectivity index (χ3n) is 3.83. The summed E-state index contributed by atoms with van der Waals surface area (Å²) < 4.78 is 0. The molecule has 0 saturated heterocycles. The Morgan fingerprint density at radius 3 is 2.52 bits per heavy atom. The smallest absolute Gasteiger partial charge is 0.243 e. The first-order valence-electron chi connectivity index (χ1n) is 8.88. The highest BCUT2D eigenvalue weighted by Crippen LogP contribution is 2.19. The zero-order valence-electron chi connectivity index (χ0n) is 17.0. The van der Waals surface area contributed by atoms with Gasteiger partial charge in [-0.05, 0) is 38.1 Å². The first-order valence-corrected chi connectivity index (χ1v) is 11.1. The number of nitrogens with one attached hydrogen (secondary N) is 2. The lowest BCUT2D eigenvalue weighted by Gasteiger charge is -2.13. The molecule has 2 aromatic rings. The van der Waals surface area contributed by atoms with Crippen LogP contribution in [0, 0.1) is 13.8 Å². The summed E-state index contributed by atoms with van der Waals surface area (Å²) in [5, 5.41) is 8.29. The van der Waals surface area contributed by atoms with E-state index in [0.717, 1.165) is 26.4 Å². The lowest BCUT2D eigenvalue weighted by atomic mass is 10.4. The number of likely N-dealkylation sites (N-methyl/N-ethyl adjacent to an activating group) is 1. The molecule has 1 heterocycles. The number of thioether (sulfide) groups is 1. The molecular formula is C19H27ClIN5OS2. The average Bonchev–Trinajstić information content (AvgIpc) is 2.99. The van der Waals surface area contributed by atoms with Crippen molar-refractivity contribution in [2.75, 3.05) is 32.9 Å². The minimum Gasteiger partial charge on any atom is -0.356 e. The molecule has 29 heavy (non-hydrogen) atoms. The number of benzene rings is 1. The zero-order valence-corrected chi connectivity index (χ0v) is 21.7. The van der Waals surface area contributed by atoms with Gasteiger partial charge in [0.25, 0.3) is 0 Å². The van der Waals surface area contributed by atoms with Crippen LogP contribution in [0.3, 0.4) is 0 Å². The monoisotopic (exact) mass is 567 g/mol. The van der Waals surface area contributed by atoms with Gasteiger partial charge in [-0.2, -0.15) is 0 Å².